The highest BCUT2D eigenvalue weighted by molar-refractivity contribution is 6.30. The second-order valence-electron chi connectivity index (χ2n) is 7.57. The summed E-state index contributed by atoms with van der Waals surface area (Å²) >= 11 is 6.07. The molecule has 0 saturated carbocycles. The molecule has 2 heterocycles. The maximum Gasteiger partial charge on any atom is 0.276 e. The third kappa shape index (κ3) is 4.49. The minimum atomic E-state index is -0.209. The lowest BCUT2D eigenvalue weighted by molar-refractivity contribution is 0.0531. The largest absolute Gasteiger partial charge is 0.493 e. The SMILES string of the molecule is COc1ccc(C(=O)N2CCN(C(=O)c3nnn(-c4cccc(Cl)c4)c3C)CC2)cc1OC. The summed E-state index contributed by atoms with van der Waals surface area (Å²) in [5, 5.41) is 8.81. The normalized spacial score (nSPS) is 13.7. The second-order valence-corrected chi connectivity index (χ2v) is 8.01. The molecule has 0 radical (unpaired) electrons. The number of amides is 2. The van der Waals surface area contributed by atoms with Crippen LogP contribution in [-0.4, -0.2) is 77.0 Å². The van der Waals surface area contributed by atoms with Gasteiger partial charge >= 0.3 is 0 Å². The molecule has 2 amide bonds. The average Bonchev–Trinajstić information content (AvgIpc) is 3.24. The number of hydrogen-bond acceptors (Lipinski definition) is 6. The van der Waals surface area contributed by atoms with Crippen LogP contribution in [0.2, 0.25) is 5.02 Å². The third-order valence-electron chi connectivity index (χ3n) is 5.63. The van der Waals surface area contributed by atoms with Crippen molar-refractivity contribution in [2.24, 2.45) is 0 Å². The molecule has 1 aromatic heterocycles. The Labute approximate surface area is 196 Å². The number of methoxy groups -OCH3 is 2. The fourth-order valence-electron chi connectivity index (χ4n) is 3.79. The summed E-state index contributed by atoms with van der Waals surface area (Å²) in [5.41, 5.74) is 2.16. The Morgan fingerprint density at radius 3 is 2.21 bits per heavy atom. The number of aromatic nitrogens is 3. The molecule has 1 fully saturated rings. The Kier molecular flexibility index (Phi) is 6.50. The zero-order valence-electron chi connectivity index (χ0n) is 18.6. The smallest absolute Gasteiger partial charge is 0.276 e. The molecule has 10 heteroatoms. The quantitative estimate of drug-likeness (QED) is 0.570. The first-order chi connectivity index (χ1) is 15.9. The number of piperazine rings is 1. The van der Waals surface area contributed by atoms with Gasteiger partial charge in [-0.1, -0.05) is 22.9 Å². The predicted molar refractivity (Wildman–Crippen MR) is 122 cm³/mol. The van der Waals surface area contributed by atoms with E-state index in [4.69, 9.17) is 21.1 Å². The Bertz CT molecular complexity index is 1190. The van der Waals surface area contributed by atoms with E-state index in [0.717, 1.165) is 5.69 Å². The lowest BCUT2D eigenvalue weighted by Crippen LogP contribution is -2.50. The van der Waals surface area contributed by atoms with Crippen LogP contribution in [0.1, 0.15) is 26.5 Å². The molecule has 0 atom stereocenters. The zero-order valence-corrected chi connectivity index (χ0v) is 19.4. The van der Waals surface area contributed by atoms with Gasteiger partial charge in [0.1, 0.15) is 0 Å². The van der Waals surface area contributed by atoms with Crippen LogP contribution < -0.4 is 9.47 Å². The number of nitrogens with zero attached hydrogens (tertiary/aromatic N) is 5. The molecule has 172 valence electrons. The fraction of sp³-hybridized carbons (Fsp3) is 0.304. The summed E-state index contributed by atoms with van der Waals surface area (Å²) in [7, 11) is 3.08. The van der Waals surface area contributed by atoms with Crippen LogP contribution in [0.4, 0.5) is 0 Å². The summed E-state index contributed by atoms with van der Waals surface area (Å²) in [6, 6.07) is 12.3. The van der Waals surface area contributed by atoms with E-state index in [0.29, 0.717) is 54.0 Å². The highest BCUT2D eigenvalue weighted by Crippen LogP contribution is 2.28. The fourth-order valence-corrected chi connectivity index (χ4v) is 3.98. The molecule has 2 aromatic carbocycles. The maximum absolute atomic E-state index is 13.1. The molecule has 33 heavy (non-hydrogen) atoms. The number of benzene rings is 2. The molecule has 0 aliphatic carbocycles. The summed E-state index contributed by atoms with van der Waals surface area (Å²) in [4.78, 5) is 29.4. The van der Waals surface area contributed by atoms with Crippen LogP contribution in [0.25, 0.3) is 5.69 Å². The highest BCUT2D eigenvalue weighted by Gasteiger charge is 2.29. The van der Waals surface area contributed by atoms with Gasteiger partial charge in [0.25, 0.3) is 11.8 Å². The van der Waals surface area contributed by atoms with Crippen molar-refractivity contribution in [3.8, 4) is 17.2 Å². The molecule has 0 spiro atoms. The monoisotopic (exact) mass is 469 g/mol. The first-order valence-corrected chi connectivity index (χ1v) is 10.8. The average molecular weight is 470 g/mol. The summed E-state index contributed by atoms with van der Waals surface area (Å²) in [6.45, 7) is 3.44. The lowest BCUT2D eigenvalue weighted by Gasteiger charge is -2.34. The van der Waals surface area contributed by atoms with Crippen molar-refractivity contribution in [2.45, 2.75) is 6.92 Å². The van der Waals surface area contributed by atoms with Crippen molar-refractivity contribution in [3.05, 3.63) is 64.4 Å². The van der Waals surface area contributed by atoms with Gasteiger partial charge in [0, 0.05) is 36.8 Å². The van der Waals surface area contributed by atoms with Crippen molar-refractivity contribution in [1.29, 1.82) is 0 Å². The van der Waals surface area contributed by atoms with E-state index in [9.17, 15) is 9.59 Å². The Morgan fingerprint density at radius 1 is 0.909 bits per heavy atom. The van der Waals surface area contributed by atoms with Crippen molar-refractivity contribution in [2.75, 3.05) is 40.4 Å². The van der Waals surface area contributed by atoms with Crippen molar-refractivity contribution < 1.29 is 19.1 Å². The van der Waals surface area contributed by atoms with Crippen molar-refractivity contribution >= 4 is 23.4 Å². The van der Waals surface area contributed by atoms with Gasteiger partial charge in [-0.25, -0.2) is 4.68 Å². The molecule has 1 saturated heterocycles. The van der Waals surface area contributed by atoms with Crippen LogP contribution in [0.3, 0.4) is 0 Å². The highest BCUT2D eigenvalue weighted by atomic mass is 35.5. The van der Waals surface area contributed by atoms with E-state index >= 15 is 0 Å². The Balaban J connectivity index is 1.43. The number of hydrogen-bond donors (Lipinski definition) is 0. The number of halogens is 1. The zero-order chi connectivity index (χ0) is 23.5. The minimum absolute atomic E-state index is 0.119. The van der Waals surface area contributed by atoms with Crippen LogP contribution >= 0.6 is 11.6 Å². The molecule has 0 N–H and O–H groups in total. The number of ether oxygens (including phenoxy) is 2. The molecular formula is C23H24ClN5O4. The molecule has 0 unspecified atom stereocenters. The van der Waals surface area contributed by atoms with Crippen molar-refractivity contribution in [1.82, 2.24) is 24.8 Å². The number of rotatable bonds is 5. The Morgan fingerprint density at radius 2 is 1.58 bits per heavy atom. The standard InChI is InChI=1S/C23H24ClN5O4/c1-15-21(25-26-29(15)18-6-4-5-17(24)14-18)23(31)28-11-9-27(10-12-28)22(30)16-7-8-19(32-2)20(13-16)33-3/h4-8,13-14H,9-12H2,1-3H3. The van der Waals surface area contributed by atoms with E-state index in [1.54, 1.807) is 58.8 Å². The van der Waals surface area contributed by atoms with E-state index < -0.39 is 0 Å². The summed E-state index contributed by atoms with van der Waals surface area (Å²) in [5.74, 6) is 0.728. The first kappa shape index (κ1) is 22.6. The van der Waals surface area contributed by atoms with Gasteiger partial charge in [0.05, 0.1) is 25.6 Å². The Hall–Kier alpha value is -3.59. The van der Waals surface area contributed by atoms with Crippen LogP contribution in [0.5, 0.6) is 11.5 Å². The topological polar surface area (TPSA) is 89.8 Å². The molecule has 3 aromatic rings. The molecule has 9 nitrogen and oxygen atoms in total. The molecule has 1 aliphatic rings. The van der Waals surface area contributed by atoms with Crippen LogP contribution in [0.15, 0.2) is 42.5 Å². The molecule has 1 aliphatic heterocycles. The van der Waals surface area contributed by atoms with Gasteiger partial charge in [0.15, 0.2) is 17.2 Å². The van der Waals surface area contributed by atoms with Gasteiger partial charge in [-0.3, -0.25) is 9.59 Å². The summed E-state index contributed by atoms with van der Waals surface area (Å²) in [6.07, 6.45) is 0. The lowest BCUT2D eigenvalue weighted by atomic mass is 10.1. The first-order valence-electron chi connectivity index (χ1n) is 10.4. The number of carbonyl (C=O) groups is 2. The minimum Gasteiger partial charge on any atom is -0.493 e. The van der Waals surface area contributed by atoms with Gasteiger partial charge in [-0.05, 0) is 43.3 Å². The van der Waals surface area contributed by atoms with Crippen LogP contribution in [-0.2, 0) is 0 Å². The molecular weight excluding hydrogens is 446 g/mol. The van der Waals surface area contributed by atoms with E-state index in [1.807, 2.05) is 12.1 Å². The van der Waals surface area contributed by atoms with Crippen molar-refractivity contribution in [3.63, 3.8) is 0 Å². The summed E-state index contributed by atoms with van der Waals surface area (Å²) < 4.78 is 12.1. The van der Waals surface area contributed by atoms with Gasteiger partial charge in [0.2, 0.25) is 0 Å². The maximum atomic E-state index is 13.1. The second kappa shape index (κ2) is 9.50. The van der Waals surface area contributed by atoms with E-state index in [2.05, 4.69) is 10.3 Å². The molecule has 4 rings (SSSR count). The van der Waals surface area contributed by atoms with Crippen LogP contribution in [0, 0.1) is 6.92 Å². The van der Waals surface area contributed by atoms with Gasteiger partial charge in [-0.15, -0.1) is 5.10 Å². The number of carbonyl (C=O) groups excluding carboxylic acids is 2. The van der Waals surface area contributed by atoms with Gasteiger partial charge in [-0.2, -0.15) is 0 Å². The van der Waals surface area contributed by atoms with E-state index in [-0.39, 0.29) is 17.5 Å². The predicted octanol–water partition coefficient (Wildman–Crippen LogP) is 2.84. The third-order valence-corrected chi connectivity index (χ3v) is 5.87. The van der Waals surface area contributed by atoms with E-state index in [1.165, 1.54) is 7.11 Å². The molecule has 0 bridgehead atoms. The van der Waals surface area contributed by atoms with Gasteiger partial charge < -0.3 is 19.3 Å².